The minimum Gasteiger partial charge on any atom is -0.386 e. The maximum Gasteiger partial charge on any atom is 0.423 e. The van der Waals surface area contributed by atoms with E-state index in [0.29, 0.717) is 5.56 Å². The summed E-state index contributed by atoms with van der Waals surface area (Å²) in [7, 11) is 0. The largest absolute Gasteiger partial charge is 0.423 e. The van der Waals surface area contributed by atoms with Crippen molar-refractivity contribution in [1.82, 2.24) is 0 Å². The van der Waals surface area contributed by atoms with Crippen LogP contribution in [-0.2, 0) is 4.74 Å². The average Bonchev–Trinajstić information content (AvgIpc) is 2.24. The van der Waals surface area contributed by atoms with Gasteiger partial charge >= 0.3 is 12.4 Å². The standard InChI is InChI=1S/C13H14F6O2/c1-7-3-4-9(8(2)5-7)10(20)6-21-11(12(14,15)16)13(17,18)19/h3-5,10-11,20H,6H2,1-2H3. The molecule has 0 aliphatic carbocycles. The molecule has 0 fully saturated rings. The van der Waals surface area contributed by atoms with E-state index in [4.69, 9.17) is 0 Å². The van der Waals surface area contributed by atoms with Gasteiger partial charge in [0.15, 0.2) is 0 Å². The molecule has 0 amide bonds. The van der Waals surface area contributed by atoms with Gasteiger partial charge in [0.05, 0.1) is 6.61 Å². The second-order valence-corrected chi connectivity index (χ2v) is 4.67. The van der Waals surface area contributed by atoms with E-state index in [-0.39, 0.29) is 5.56 Å². The Hall–Kier alpha value is -1.28. The number of benzene rings is 1. The number of ether oxygens (including phenoxy) is 1. The van der Waals surface area contributed by atoms with Crippen LogP contribution in [-0.4, -0.2) is 30.2 Å². The number of hydrogen-bond donors (Lipinski definition) is 1. The molecule has 1 N–H and O–H groups in total. The molecule has 0 saturated heterocycles. The maximum atomic E-state index is 12.3. The van der Waals surface area contributed by atoms with Gasteiger partial charge in [-0.2, -0.15) is 26.3 Å². The molecule has 0 aliphatic heterocycles. The van der Waals surface area contributed by atoms with Crippen molar-refractivity contribution in [3.8, 4) is 0 Å². The molecule has 120 valence electrons. The third kappa shape index (κ3) is 4.89. The van der Waals surface area contributed by atoms with Crippen LogP contribution < -0.4 is 0 Å². The first-order chi connectivity index (χ1) is 9.43. The number of aliphatic hydroxyl groups is 1. The minimum atomic E-state index is -5.58. The highest BCUT2D eigenvalue weighted by molar-refractivity contribution is 5.31. The fourth-order valence-electron chi connectivity index (χ4n) is 1.85. The Kier molecular flexibility index (Phi) is 5.27. The molecule has 21 heavy (non-hydrogen) atoms. The first-order valence-electron chi connectivity index (χ1n) is 5.93. The van der Waals surface area contributed by atoms with E-state index in [1.807, 2.05) is 0 Å². The van der Waals surface area contributed by atoms with Crippen molar-refractivity contribution in [3.63, 3.8) is 0 Å². The highest BCUT2D eigenvalue weighted by Crippen LogP contribution is 2.36. The topological polar surface area (TPSA) is 29.5 Å². The van der Waals surface area contributed by atoms with E-state index < -0.39 is 31.2 Å². The maximum absolute atomic E-state index is 12.3. The Bertz CT molecular complexity index is 467. The van der Waals surface area contributed by atoms with Crippen LogP contribution in [0.5, 0.6) is 0 Å². The molecule has 0 bridgehead atoms. The zero-order valence-electron chi connectivity index (χ0n) is 11.2. The van der Waals surface area contributed by atoms with Crippen molar-refractivity contribution in [1.29, 1.82) is 0 Å². The van der Waals surface area contributed by atoms with E-state index >= 15 is 0 Å². The highest BCUT2D eigenvalue weighted by atomic mass is 19.4. The third-order valence-electron chi connectivity index (χ3n) is 2.80. The van der Waals surface area contributed by atoms with Crippen LogP contribution in [0.4, 0.5) is 26.3 Å². The van der Waals surface area contributed by atoms with Gasteiger partial charge in [-0.25, -0.2) is 0 Å². The summed E-state index contributed by atoms with van der Waals surface area (Å²) in [4.78, 5) is 0. The number of aliphatic hydroxyl groups excluding tert-OH is 1. The Balaban J connectivity index is 2.81. The van der Waals surface area contributed by atoms with Gasteiger partial charge in [-0.3, -0.25) is 0 Å². The lowest BCUT2D eigenvalue weighted by atomic mass is 10.0. The van der Waals surface area contributed by atoms with Gasteiger partial charge in [0.1, 0.15) is 6.10 Å². The molecule has 0 radical (unpaired) electrons. The van der Waals surface area contributed by atoms with E-state index in [2.05, 4.69) is 4.74 Å². The zero-order valence-corrected chi connectivity index (χ0v) is 11.2. The van der Waals surface area contributed by atoms with Gasteiger partial charge in [-0.1, -0.05) is 23.8 Å². The quantitative estimate of drug-likeness (QED) is 0.855. The molecule has 1 aromatic carbocycles. The molecule has 1 rings (SSSR count). The summed E-state index contributed by atoms with van der Waals surface area (Å²) >= 11 is 0. The summed E-state index contributed by atoms with van der Waals surface area (Å²) in [6.45, 7) is 2.26. The van der Waals surface area contributed by atoms with E-state index in [1.54, 1.807) is 26.0 Å². The van der Waals surface area contributed by atoms with Gasteiger partial charge in [0.2, 0.25) is 6.10 Å². The lowest BCUT2D eigenvalue weighted by molar-refractivity contribution is -0.324. The monoisotopic (exact) mass is 316 g/mol. The van der Waals surface area contributed by atoms with Crippen molar-refractivity contribution in [2.75, 3.05) is 6.61 Å². The first kappa shape index (κ1) is 17.8. The van der Waals surface area contributed by atoms with Gasteiger partial charge in [-0.15, -0.1) is 0 Å². The number of aryl methyl sites for hydroxylation is 2. The van der Waals surface area contributed by atoms with Crippen molar-refractivity contribution in [3.05, 3.63) is 34.9 Å². The Morgan fingerprint density at radius 2 is 1.57 bits per heavy atom. The smallest absolute Gasteiger partial charge is 0.386 e. The van der Waals surface area contributed by atoms with E-state index in [1.165, 1.54) is 6.07 Å². The summed E-state index contributed by atoms with van der Waals surface area (Å²) in [6, 6.07) is 4.69. The molecule has 1 unspecified atom stereocenters. The van der Waals surface area contributed by atoms with Crippen molar-refractivity contribution in [2.45, 2.75) is 38.4 Å². The zero-order chi connectivity index (χ0) is 16.4. The molecule has 0 heterocycles. The van der Waals surface area contributed by atoms with Crippen LogP contribution in [0.3, 0.4) is 0 Å². The van der Waals surface area contributed by atoms with Gasteiger partial charge in [-0.05, 0) is 25.0 Å². The summed E-state index contributed by atoms with van der Waals surface area (Å²) in [5.74, 6) is 0. The Morgan fingerprint density at radius 3 is 2.00 bits per heavy atom. The van der Waals surface area contributed by atoms with Crippen molar-refractivity contribution >= 4 is 0 Å². The lowest BCUT2D eigenvalue weighted by Gasteiger charge is -2.24. The summed E-state index contributed by atoms with van der Waals surface area (Å²) < 4.78 is 77.5. The fourth-order valence-corrected chi connectivity index (χ4v) is 1.85. The first-order valence-corrected chi connectivity index (χ1v) is 5.93. The summed E-state index contributed by atoms with van der Waals surface area (Å²) in [5, 5.41) is 9.71. The van der Waals surface area contributed by atoms with Crippen LogP contribution in [0.15, 0.2) is 18.2 Å². The predicted molar refractivity (Wildman–Crippen MR) is 62.7 cm³/mol. The second-order valence-electron chi connectivity index (χ2n) is 4.67. The number of halogens is 6. The SMILES string of the molecule is Cc1ccc(C(O)COC(C(F)(F)F)C(F)(F)F)c(C)c1. The molecule has 0 saturated carbocycles. The lowest BCUT2D eigenvalue weighted by Crippen LogP contribution is -2.45. The third-order valence-corrected chi connectivity index (χ3v) is 2.80. The van der Waals surface area contributed by atoms with Crippen LogP contribution in [0.2, 0.25) is 0 Å². The van der Waals surface area contributed by atoms with Gasteiger partial charge in [0.25, 0.3) is 0 Å². The van der Waals surface area contributed by atoms with Crippen LogP contribution in [0, 0.1) is 13.8 Å². The molecule has 1 aromatic rings. The normalized spacial score (nSPS) is 14.6. The summed E-state index contributed by atoms with van der Waals surface area (Å²) in [5.41, 5.74) is 1.64. The van der Waals surface area contributed by atoms with E-state index in [9.17, 15) is 31.4 Å². The number of rotatable bonds is 4. The fraction of sp³-hybridized carbons (Fsp3) is 0.538. The van der Waals surface area contributed by atoms with Gasteiger partial charge in [0, 0.05) is 0 Å². The predicted octanol–water partition coefficient (Wildman–Crippen LogP) is 3.85. The Morgan fingerprint density at radius 1 is 1.05 bits per heavy atom. The van der Waals surface area contributed by atoms with Gasteiger partial charge < -0.3 is 9.84 Å². The minimum absolute atomic E-state index is 0.226. The van der Waals surface area contributed by atoms with Crippen LogP contribution in [0.25, 0.3) is 0 Å². The van der Waals surface area contributed by atoms with Crippen LogP contribution >= 0.6 is 0 Å². The van der Waals surface area contributed by atoms with Crippen LogP contribution in [0.1, 0.15) is 22.8 Å². The summed E-state index contributed by atoms with van der Waals surface area (Å²) in [6.07, 6.45) is -16.6. The molecule has 1 atom stereocenters. The second kappa shape index (κ2) is 6.23. The highest BCUT2D eigenvalue weighted by Gasteiger charge is 2.58. The molecule has 0 aromatic heterocycles. The molecular weight excluding hydrogens is 302 g/mol. The molecule has 0 spiro atoms. The molecule has 8 heteroatoms. The molecule has 2 nitrogen and oxygen atoms in total. The van der Waals surface area contributed by atoms with Crippen molar-refractivity contribution < 1.29 is 36.2 Å². The average molecular weight is 316 g/mol. The Labute approximate surface area is 117 Å². The number of alkyl halides is 6. The number of hydrogen-bond acceptors (Lipinski definition) is 2. The van der Waals surface area contributed by atoms with E-state index in [0.717, 1.165) is 5.56 Å². The van der Waals surface area contributed by atoms with Crippen molar-refractivity contribution in [2.24, 2.45) is 0 Å². The molecule has 0 aliphatic rings. The molecular formula is C13H14F6O2.